The molecule has 0 radical (unpaired) electrons. The summed E-state index contributed by atoms with van der Waals surface area (Å²) < 4.78 is 13.1. The number of rotatable bonds is 12. The topological polar surface area (TPSA) is 170 Å². The number of ketones is 1. The number of nitrogens with one attached hydrogen (secondary N) is 5. The van der Waals surface area contributed by atoms with Gasteiger partial charge >= 0.3 is 6.03 Å². The molecule has 4 amide bonds. The number of halogens is 2. The highest BCUT2D eigenvalue weighted by Gasteiger charge is 2.39. The maximum absolute atomic E-state index is 13.4. The molecule has 204 valence electrons. The molecule has 11 nitrogen and oxygen atoms in total. The predicted octanol–water partition coefficient (Wildman–Crippen LogP) is 1.76. The van der Waals surface area contributed by atoms with Crippen LogP contribution in [0.4, 0.5) is 14.9 Å². The molecule has 0 saturated carbocycles. The molecule has 13 heteroatoms. The zero-order chi connectivity index (χ0) is 27.5. The first-order valence-electron chi connectivity index (χ1n) is 12.1. The van der Waals surface area contributed by atoms with Crippen LogP contribution in [0.15, 0.2) is 24.3 Å². The fourth-order valence-corrected chi connectivity index (χ4v) is 4.17. The van der Waals surface area contributed by atoms with E-state index in [1.54, 1.807) is 38.1 Å². The van der Waals surface area contributed by atoms with Gasteiger partial charge in [-0.05, 0) is 55.9 Å². The fourth-order valence-electron chi connectivity index (χ4n) is 4.04. The molecule has 1 aromatic rings. The van der Waals surface area contributed by atoms with Crippen LogP contribution in [-0.4, -0.2) is 72.4 Å². The van der Waals surface area contributed by atoms with E-state index in [9.17, 15) is 23.6 Å². The first-order chi connectivity index (χ1) is 17.5. The van der Waals surface area contributed by atoms with Gasteiger partial charge < -0.3 is 31.9 Å². The molecule has 0 aromatic heterocycles. The summed E-state index contributed by atoms with van der Waals surface area (Å²) in [6.45, 7) is 2.92. The number of Topliss-reactive ketones (excluding diaryl/α,β-unsaturated/α-hetero) is 1. The fraction of sp³-hybridized carbons (Fsp3) is 0.542. The van der Waals surface area contributed by atoms with Crippen molar-refractivity contribution in [1.29, 1.82) is 5.41 Å². The summed E-state index contributed by atoms with van der Waals surface area (Å²) in [5.74, 6) is -2.24. The molecule has 1 heterocycles. The van der Waals surface area contributed by atoms with Gasteiger partial charge in [-0.25, -0.2) is 9.18 Å². The lowest BCUT2D eigenvalue weighted by atomic mass is 10.0. The number of benzene rings is 1. The van der Waals surface area contributed by atoms with Gasteiger partial charge in [0.2, 0.25) is 11.8 Å². The van der Waals surface area contributed by atoms with Gasteiger partial charge in [0.15, 0.2) is 11.7 Å². The highest BCUT2D eigenvalue weighted by atomic mass is 35.5. The third-order valence-corrected chi connectivity index (χ3v) is 6.23. The summed E-state index contributed by atoms with van der Waals surface area (Å²) in [7, 11) is 0. The molecule has 1 aromatic carbocycles. The van der Waals surface area contributed by atoms with Crippen molar-refractivity contribution in [3.63, 3.8) is 0 Å². The number of carbonyl (C=O) groups excluding carboxylic acids is 4. The second-order valence-corrected chi connectivity index (χ2v) is 9.60. The molecule has 3 atom stereocenters. The van der Waals surface area contributed by atoms with Crippen LogP contribution in [0.3, 0.4) is 0 Å². The second-order valence-electron chi connectivity index (χ2n) is 9.16. The Morgan fingerprint density at radius 1 is 1.19 bits per heavy atom. The number of carbonyl (C=O) groups is 4. The number of anilines is 1. The summed E-state index contributed by atoms with van der Waals surface area (Å²) in [5.41, 5.74) is 5.72. The SMILES string of the molecule is CC(C)C(NC(=O)Nc1ccc(Cl)cc1)C(=O)N1CCC[C@H]1C(=O)NC(CCCNC(=N)N)C(=O)CF. The quantitative estimate of drug-likeness (QED) is 0.134. The Balaban J connectivity index is 2.04. The van der Waals surface area contributed by atoms with Gasteiger partial charge in [-0.3, -0.25) is 19.8 Å². The molecule has 0 spiro atoms. The van der Waals surface area contributed by atoms with Crippen molar-refractivity contribution in [3.05, 3.63) is 29.3 Å². The maximum atomic E-state index is 13.4. The Morgan fingerprint density at radius 2 is 1.86 bits per heavy atom. The van der Waals surface area contributed by atoms with Crippen LogP contribution in [-0.2, 0) is 14.4 Å². The summed E-state index contributed by atoms with van der Waals surface area (Å²) >= 11 is 5.86. The van der Waals surface area contributed by atoms with Crippen LogP contribution in [0.25, 0.3) is 0 Å². The van der Waals surface area contributed by atoms with Crippen molar-refractivity contribution < 1.29 is 23.6 Å². The number of nitrogens with zero attached hydrogens (tertiary/aromatic N) is 1. The first kappa shape index (κ1) is 29.8. The van der Waals surface area contributed by atoms with E-state index in [1.165, 1.54) is 4.90 Å². The van der Waals surface area contributed by atoms with Crippen molar-refractivity contribution in [1.82, 2.24) is 20.9 Å². The lowest BCUT2D eigenvalue weighted by Crippen LogP contribution is -2.57. The average Bonchev–Trinajstić information content (AvgIpc) is 3.34. The zero-order valence-corrected chi connectivity index (χ0v) is 21.7. The summed E-state index contributed by atoms with van der Waals surface area (Å²) in [6.07, 6.45) is 1.46. The lowest BCUT2D eigenvalue weighted by Gasteiger charge is -2.31. The largest absolute Gasteiger partial charge is 0.370 e. The van der Waals surface area contributed by atoms with Crippen LogP contribution in [0.2, 0.25) is 5.02 Å². The lowest BCUT2D eigenvalue weighted by molar-refractivity contribution is -0.141. The van der Waals surface area contributed by atoms with Gasteiger partial charge in [0, 0.05) is 23.8 Å². The Kier molecular flexibility index (Phi) is 11.6. The first-order valence-corrected chi connectivity index (χ1v) is 12.5. The van der Waals surface area contributed by atoms with Crippen LogP contribution in [0.1, 0.15) is 39.5 Å². The minimum atomic E-state index is -1.24. The number of guanidine groups is 1. The molecule has 1 saturated heterocycles. The summed E-state index contributed by atoms with van der Waals surface area (Å²) in [6, 6.07) is 3.10. The van der Waals surface area contributed by atoms with E-state index in [4.69, 9.17) is 22.7 Å². The average molecular weight is 540 g/mol. The minimum Gasteiger partial charge on any atom is -0.370 e. The molecule has 1 aliphatic heterocycles. The van der Waals surface area contributed by atoms with Crippen molar-refractivity contribution in [2.75, 3.05) is 25.1 Å². The molecule has 2 unspecified atom stereocenters. The molecule has 0 bridgehead atoms. The van der Waals surface area contributed by atoms with Gasteiger partial charge in [0.05, 0.1) is 6.04 Å². The van der Waals surface area contributed by atoms with E-state index in [-0.39, 0.29) is 24.8 Å². The van der Waals surface area contributed by atoms with Gasteiger partial charge in [0.1, 0.15) is 18.8 Å². The molecular formula is C24H35ClFN7O4. The number of alkyl halides is 1. The molecule has 7 N–H and O–H groups in total. The third kappa shape index (κ3) is 9.19. The third-order valence-electron chi connectivity index (χ3n) is 5.98. The Labute approximate surface area is 220 Å². The van der Waals surface area contributed by atoms with Gasteiger partial charge in [-0.1, -0.05) is 25.4 Å². The normalized spacial score (nSPS) is 16.6. The van der Waals surface area contributed by atoms with E-state index in [2.05, 4.69) is 21.3 Å². The molecular weight excluding hydrogens is 505 g/mol. The van der Waals surface area contributed by atoms with Gasteiger partial charge in [0.25, 0.3) is 0 Å². The van der Waals surface area contributed by atoms with Crippen molar-refractivity contribution in [2.45, 2.75) is 57.7 Å². The Morgan fingerprint density at radius 3 is 2.46 bits per heavy atom. The van der Waals surface area contributed by atoms with Crippen LogP contribution >= 0.6 is 11.6 Å². The maximum Gasteiger partial charge on any atom is 0.319 e. The summed E-state index contributed by atoms with van der Waals surface area (Å²) in [5, 5.41) is 18.2. The van der Waals surface area contributed by atoms with Gasteiger partial charge in [-0.2, -0.15) is 0 Å². The zero-order valence-electron chi connectivity index (χ0n) is 21.0. The van der Waals surface area contributed by atoms with Crippen molar-refractivity contribution in [2.24, 2.45) is 11.7 Å². The van der Waals surface area contributed by atoms with Crippen LogP contribution in [0, 0.1) is 11.3 Å². The number of nitrogens with two attached hydrogens (primary N) is 1. The Bertz CT molecular complexity index is 976. The number of likely N-dealkylation sites (tertiary alicyclic amines) is 1. The van der Waals surface area contributed by atoms with Gasteiger partial charge in [-0.15, -0.1) is 0 Å². The molecule has 1 aliphatic rings. The van der Waals surface area contributed by atoms with Crippen molar-refractivity contribution in [3.8, 4) is 0 Å². The van der Waals surface area contributed by atoms with E-state index in [0.717, 1.165) is 0 Å². The monoisotopic (exact) mass is 539 g/mol. The van der Waals surface area contributed by atoms with Crippen LogP contribution in [0.5, 0.6) is 0 Å². The predicted molar refractivity (Wildman–Crippen MR) is 139 cm³/mol. The molecule has 2 rings (SSSR count). The number of urea groups is 1. The minimum absolute atomic E-state index is 0.149. The van der Waals surface area contributed by atoms with E-state index in [1.807, 2.05) is 0 Å². The second kappa shape index (κ2) is 14.4. The number of hydrogen-bond donors (Lipinski definition) is 6. The van der Waals surface area contributed by atoms with E-state index < -0.39 is 48.4 Å². The smallest absolute Gasteiger partial charge is 0.319 e. The van der Waals surface area contributed by atoms with E-state index in [0.29, 0.717) is 36.5 Å². The highest BCUT2D eigenvalue weighted by molar-refractivity contribution is 6.30. The highest BCUT2D eigenvalue weighted by Crippen LogP contribution is 2.21. The molecule has 1 fully saturated rings. The Hall–Kier alpha value is -3.41. The number of amides is 4. The standard InChI is InChI=1S/C24H35ClFN7O4/c1-14(2)20(32-24(37)30-16-9-7-15(25)8-10-16)22(36)33-12-4-6-18(33)21(35)31-17(19(34)13-26)5-3-11-29-23(27)28/h7-10,14,17-18,20H,3-6,11-13H2,1-2H3,(H,31,35)(H4,27,28,29)(H2,30,32,37)/t17?,18-,20?/m0/s1. The number of hydrogen-bond acceptors (Lipinski definition) is 5. The van der Waals surface area contributed by atoms with E-state index >= 15 is 0 Å². The summed E-state index contributed by atoms with van der Waals surface area (Å²) in [4.78, 5) is 52.5. The molecule has 0 aliphatic carbocycles. The van der Waals surface area contributed by atoms with Crippen LogP contribution < -0.4 is 27.0 Å². The van der Waals surface area contributed by atoms with Crippen molar-refractivity contribution >= 4 is 46.9 Å². The molecule has 37 heavy (non-hydrogen) atoms.